The average Bonchev–Trinajstić information content (AvgIpc) is 3.64. The number of hydrogen-bond acceptors (Lipinski definition) is 2. The van der Waals surface area contributed by atoms with Gasteiger partial charge in [0.25, 0.3) is 0 Å². The number of aromatic amines is 1. The van der Waals surface area contributed by atoms with Crippen molar-refractivity contribution in [2.24, 2.45) is 5.92 Å². The zero-order valence-corrected chi connectivity index (χ0v) is 21.6. The molecule has 2 aromatic heterocycles. The molecular weight excluding hydrogens is 478 g/mol. The molecule has 1 aliphatic rings. The van der Waals surface area contributed by atoms with Gasteiger partial charge in [-0.15, -0.1) is 0 Å². The Morgan fingerprint density at radius 1 is 0.769 bits per heavy atom. The van der Waals surface area contributed by atoms with Crippen LogP contribution < -0.4 is 0 Å². The second kappa shape index (κ2) is 9.55. The van der Waals surface area contributed by atoms with Gasteiger partial charge in [-0.05, 0) is 35.6 Å². The maximum atomic E-state index is 13.7. The molecule has 7 rings (SSSR count). The van der Waals surface area contributed by atoms with E-state index in [1.807, 2.05) is 36.8 Å². The number of nitrogens with zero attached hydrogens (tertiary/aromatic N) is 2. The number of imidazole rings is 1. The standard InChI is InChI=1S/C35H29N3O/c39-34(30-23-36-31-19-11-10-18-29(30)31)25-20-21-33-32(22-25)37-24-38(33)35(26-12-4-1-5-13-26,27-14-6-2-7-15-27)28-16-8-3-9-17-28/h1-19,23-25,36H,20-22H2. The molecule has 1 unspecified atom stereocenters. The van der Waals surface area contributed by atoms with Gasteiger partial charge in [0, 0.05) is 40.7 Å². The molecule has 190 valence electrons. The summed E-state index contributed by atoms with van der Waals surface area (Å²) >= 11 is 0. The van der Waals surface area contributed by atoms with E-state index in [-0.39, 0.29) is 11.7 Å². The summed E-state index contributed by atoms with van der Waals surface area (Å²) in [5, 5.41) is 0.995. The van der Waals surface area contributed by atoms with Crippen LogP contribution >= 0.6 is 0 Å². The summed E-state index contributed by atoms with van der Waals surface area (Å²) < 4.78 is 2.37. The Hall–Kier alpha value is -4.70. The zero-order valence-electron chi connectivity index (χ0n) is 21.6. The first-order valence-corrected chi connectivity index (χ1v) is 13.6. The summed E-state index contributed by atoms with van der Waals surface area (Å²) in [6.45, 7) is 0. The Labute approximate surface area is 228 Å². The second-order valence-electron chi connectivity index (χ2n) is 10.4. The smallest absolute Gasteiger partial charge is 0.168 e. The minimum absolute atomic E-state index is 0.0837. The van der Waals surface area contributed by atoms with Gasteiger partial charge in [-0.3, -0.25) is 4.79 Å². The molecule has 4 heteroatoms. The van der Waals surface area contributed by atoms with Gasteiger partial charge >= 0.3 is 0 Å². The van der Waals surface area contributed by atoms with E-state index in [0.29, 0.717) is 6.42 Å². The highest BCUT2D eigenvalue weighted by Gasteiger charge is 2.41. The maximum absolute atomic E-state index is 13.7. The van der Waals surface area contributed by atoms with Crippen LogP contribution in [-0.2, 0) is 18.4 Å². The monoisotopic (exact) mass is 507 g/mol. The third-order valence-electron chi connectivity index (χ3n) is 8.28. The molecule has 4 nitrogen and oxygen atoms in total. The number of nitrogens with one attached hydrogen (secondary N) is 1. The molecule has 0 amide bonds. The van der Waals surface area contributed by atoms with E-state index in [9.17, 15) is 4.79 Å². The summed E-state index contributed by atoms with van der Waals surface area (Å²) in [6.07, 6.45) is 6.10. The molecule has 6 aromatic rings. The lowest BCUT2D eigenvalue weighted by atomic mass is 9.76. The van der Waals surface area contributed by atoms with Crippen molar-refractivity contribution in [3.8, 4) is 0 Å². The van der Waals surface area contributed by atoms with E-state index in [2.05, 4.69) is 101 Å². The van der Waals surface area contributed by atoms with E-state index in [0.717, 1.165) is 35.0 Å². The highest BCUT2D eigenvalue weighted by molar-refractivity contribution is 6.09. The van der Waals surface area contributed by atoms with Crippen LogP contribution in [0.1, 0.15) is 44.9 Å². The van der Waals surface area contributed by atoms with Gasteiger partial charge in [-0.1, -0.05) is 109 Å². The molecule has 2 heterocycles. The van der Waals surface area contributed by atoms with Crippen LogP contribution in [0.4, 0.5) is 0 Å². The predicted molar refractivity (Wildman–Crippen MR) is 155 cm³/mol. The molecule has 0 fully saturated rings. The normalized spacial score (nSPS) is 15.2. The van der Waals surface area contributed by atoms with Crippen molar-refractivity contribution in [2.45, 2.75) is 24.8 Å². The van der Waals surface area contributed by atoms with Gasteiger partial charge in [-0.25, -0.2) is 4.98 Å². The first kappa shape index (κ1) is 23.4. The number of benzene rings is 4. The van der Waals surface area contributed by atoms with E-state index < -0.39 is 5.54 Å². The third kappa shape index (κ3) is 3.75. The van der Waals surface area contributed by atoms with Crippen molar-refractivity contribution < 1.29 is 4.79 Å². The molecule has 1 N–H and O–H groups in total. The highest BCUT2D eigenvalue weighted by Crippen LogP contribution is 2.43. The number of fused-ring (bicyclic) bond motifs is 2. The summed E-state index contributed by atoms with van der Waals surface area (Å²) in [5.74, 6) is 0.118. The number of ketones is 1. The van der Waals surface area contributed by atoms with Crippen LogP contribution in [0.3, 0.4) is 0 Å². The van der Waals surface area contributed by atoms with Gasteiger partial charge in [0.2, 0.25) is 0 Å². The minimum atomic E-state index is -0.585. The zero-order chi connectivity index (χ0) is 26.2. The van der Waals surface area contributed by atoms with E-state index >= 15 is 0 Å². The van der Waals surface area contributed by atoms with Gasteiger partial charge in [0.05, 0.1) is 12.0 Å². The largest absolute Gasteiger partial charge is 0.360 e. The Bertz CT molecular complexity index is 1650. The molecule has 39 heavy (non-hydrogen) atoms. The Kier molecular flexibility index (Phi) is 5.74. The molecule has 0 aliphatic heterocycles. The van der Waals surface area contributed by atoms with Crippen LogP contribution in [0.15, 0.2) is 128 Å². The number of Topliss-reactive ketones (excluding diaryl/α,β-unsaturated/α-hetero) is 1. The van der Waals surface area contributed by atoms with Crippen molar-refractivity contribution in [3.63, 3.8) is 0 Å². The van der Waals surface area contributed by atoms with Crippen molar-refractivity contribution in [1.29, 1.82) is 0 Å². The molecule has 4 aromatic carbocycles. The molecule has 0 saturated carbocycles. The van der Waals surface area contributed by atoms with Gasteiger partial charge in [0.1, 0.15) is 5.54 Å². The van der Waals surface area contributed by atoms with Gasteiger partial charge in [0.15, 0.2) is 5.78 Å². The molecule has 0 saturated heterocycles. The van der Waals surface area contributed by atoms with Crippen LogP contribution in [0, 0.1) is 5.92 Å². The van der Waals surface area contributed by atoms with E-state index in [1.54, 1.807) is 0 Å². The molecular formula is C35H29N3O. The fourth-order valence-corrected chi connectivity index (χ4v) is 6.46. The average molecular weight is 508 g/mol. The Morgan fingerprint density at radius 3 is 1.95 bits per heavy atom. The highest BCUT2D eigenvalue weighted by atomic mass is 16.1. The lowest BCUT2D eigenvalue weighted by Crippen LogP contribution is -2.39. The van der Waals surface area contributed by atoms with Crippen LogP contribution in [0.5, 0.6) is 0 Å². The number of H-pyrrole nitrogens is 1. The number of aromatic nitrogens is 3. The van der Waals surface area contributed by atoms with Crippen molar-refractivity contribution >= 4 is 16.7 Å². The number of rotatable bonds is 6. The quantitative estimate of drug-likeness (QED) is 0.192. The predicted octanol–water partition coefficient (Wildman–Crippen LogP) is 7.19. The number of carbonyl (C=O) groups is 1. The molecule has 1 atom stereocenters. The second-order valence-corrected chi connectivity index (χ2v) is 10.4. The maximum Gasteiger partial charge on any atom is 0.168 e. The number of para-hydroxylation sites is 1. The van der Waals surface area contributed by atoms with Crippen molar-refractivity contribution in [1.82, 2.24) is 14.5 Å². The van der Waals surface area contributed by atoms with Crippen LogP contribution in [0.2, 0.25) is 0 Å². The summed E-state index contributed by atoms with van der Waals surface area (Å²) in [5.41, 5.74) is 6.96. The minimum Gasteiger partial charge on any atom is -0.360 e. The fraction of sp³-hybridized carbons (Fsp3) is 0.143. The first-order chi connectivity index (χ1) is 19.3. The van der Waals surface area contributed by atoms with E-state index in [4.69, 9.17) is 4.98 Å². The molecule has 0 bridgehead atoms. The lowest BCUT2D eigenvalue weighted by Gasteiger charge is -2.39. The SMILES string of the molecule is O=C(c1c[nH]c2ccccc12)C1CCc2c(ncn2C(c2ccccc2)(c2ccccc2)c2ccccc2)C1. The topological polar surface area (TPSA) is 50.7 Å². The first-order valence-electron chi connectivity index (χ1n) is 13.6. The Balaban J connectivity index is 1.36. The van der Waals surface area contributed by atoms with E-state index in [1.165, 1.54) is 22.4 Å². The fourth-order valence-electron chi connectivity index (χ4n) is 6.46. The van der Waals surface area contributed by atoms with Crippen molar-refractivity contribution in [3.05, 3.63) is 161 Å². The van der Waals surface area contributed by atoms with Crippen LogP contribution in [0.25, 0.3) is 10.9 Å². The van der Waals surface area contributed by atoms with Gasteiger partial charge in [-0.2, -0.15) is 0 Å². The van der Waals surface area contributed by atoms with Crippen molar-refractivity contribution in [2.75, 3.05) is 0 Å². The third-order valence-corrected chi connectivity index (χ3v) is 8.28. The summed E-state index contributed by atoms with van der Waals surface area (Å²) in [6, 6.07) is 40.1. The van der Waals surface area contributed by atoms with Crippen LogP contribution in [-0.4, -0.2) is 20.3 Å². The molecule has 0 spiro atoms. The summed E-state index contributed by atoms with van der Waals surface area (Å²) in [7, 11) is 0. The molecule has 0 radical (unpaired) electrons. The lowest BCUT2D eigenvalue weighted by molar-refractivity contribution is 0.0909. The van der Waals surface area contributed by atoms with Gasteiger partial charge < -0.3 is 9.55 Å². The summed E-state index contributed by atoms with van der Waals surface area (Å²) in [4.78, 5) is 21.9. The number of hydrogen-bond donors (Lipinski definition) is 1. The Morgan fingerprint density at radius 2 is 1.33 bits per heavy atom. The molecule has 1 aliphatic carbocycles. The number of carbonyl (C=O) groups excluding carboxylic acids is 1.